The van der Waals surface area contributed by atoms with E-state index in [1.807, 2.05) is 6.92 Å². The van der Waals surface area contributed by atoms with Gasteiger partial charge in [-0.3, -0.25) is 4.79 Å². The molecule has 5 heteroatoms. The molecule has 18 heavy (non-hydrogen) atoms. The van der Waals surface area contributed by atoms with Crippen LogP contribution in [0.2, 0.25) is 0 Å². The Labute approximate surface area is 109 Å². The Morgan fingerprint density at radius 1 is 1.33 bits per heavy atom. The van der Waals surface area contributed by atoms with Gasteiger partial charge in [-0.05, 0) is 38.6 Å². The SMILES string of the molecule is CCCNC(COCCOCC)(C(N)=O)C1CC1. The average molecular weight is 258 g/mol. The van der Waals surface area contributed by atoms with Gasteiger partial charge in [0.05, 0.1) is 19.8 Å². The van der Waals surface area contributed by atoms with Crippen LogP contribution in [-0.2, 0) is 14.3 Å². The van der Waals surface area contributed by atoms with Crippen LogP contribution >= 0.6 is 0 Å². The van der Waals surface area contributed by atoms with Crippen LogP contribution in [0.4, 0.5) is 0 Å². The number of nitrogens with one attached hydrogen (secondary N) is 1. The molecule has 0 heterocycles. The van der Waals surface area contributed by atoms with Crippen LogP contribution in [0, 0.1) is 5.92 Å². The molecular formula is C13H26N2O3. The topological polar surface area (TPSA) is 73.6 Å². The quantitative estimate of drug-likeness (QED) is 0.534. The van der Waals surface area contributed by atoms with Crippen molar-refractivity contribution in [2.24, 2.45) is 11.7 Å². The summed E-state index contributed by atoms with van der Waals surface area (Å²) in [7, 11) is 0. The van der Waals surface area contributed by atoms with Gasteiger partial charge in [0.2, 0.25) is 5.91 Å². The van der Waals surface area contributed by atoms with Crippen LogP contribution in [0.5, 0.6) is 0 Å². The van der Waals surface area contributed by atoms with Crippen molar-refractivity contribution in [2.75, 3.05) is 33.0 Å². The van der Waals surface area contributed by atoms with Gasteiger partial charge in [0.15, 0.2) is 0 Å². The molecule has 0 spiro atoms. The van der Waals surface area contributed by atoms with E-state index in [9.17, 15) is 4.79 Å². The van der Waals surface area contributed by atoms with E-state index in [-0.39, 0.29) is 5.91 Å². The largest absolute Gasteiger partial charge is 0.379 e. The van der Waals surface area contributed by atoms with Gasteiger partial charge in [0.25, 0.3) is 0 Å². The minimum Gasteiger partial charge on any atom is -0.379 e. The maximum Gasteiger partial charge on any atom is 0.240 e. The molecule has 0 aromatic heterocycles. The van der Waals surface area contributed by atoms with Crippen molar-refractivity contribution in [1.29, 1.82) is 0 Å². The van der Waals surface area contributed by atoms with E-state index >= 15 is 0 Å². The lowest BCUT2D eigenvalue weighted by Crippen LogP contribution is -2.60. The smallest absolute Gasteiger partial charge is 0.240 e. The second kappa shape index (κ2) is 7.71. The van der Waals surface area contributed by atoms with Crippen LogP contribution < -0.4 is 11.1 Å². The molecule has 3 N–H and O–H groups in total. The van der Waals surface area contributed by atoms with Crippen molar-refractivity contribution < 1.29 is 14.3 Å². The number of amides is 1. The Hall–Kier alpha value is -0.650. The molecule has 1 fully saturated rings. The molecule has 1 amide bonds. The summed E-state index contributed by atoms with van der Waals surface area (Å²) < 4.78 is 10.8. The van der Waals surface area contributed by atoms with E-state index in [0.717, 1.165) is 25.8 Å². The maximum absolute atomic E-state index is 11.8. The lowest BCUT2D eigenvalue weighted by Gasteiger charge is -2.31. The predicted octanol–water partition coefficient (Wildman–Crippen LogP) is 0.673. The van der Waals surface area contributed by atoms with Gasteiger partial charge in [-0.25, -0.2) is 0 Å². The summed E-state index contributed by atoms with van der Waals surface area (Å²) in [4.78, 5) is 11.8. The zero-order valence-corrected chi connectivity index (χ0v) is 11.5. The first-order valence-electron chi connectivity index (χ1n) is 6.87. The van der Waals surface area contributed by atoms with E-state index in [0.29, 0.717) is 32.3 Å². The highest BCUT2D eigenvalue weighted by molar-refractivity contribution is 5.85. The van der Waals surface area contributed by atoms with Gasteiger partial charge in [0.1, 0.15) is 5.54 Å². The predicted molar refractivity (Wildman–Crippen MR) is 70.3 cm³/mol. The molecule has 0 radical (unpaired) electrons. The van der Waals surface area contributed by atoms with Crippen molar-refractivity contribution in [3.8, 4) is 0 Å². The summed E-state index contributed by atoms with van der Waals surface area (Å²) in [6, 6.07) is 0. The minimum absolute atomic E-state index is 0.296. The van der Waals surface area contributed by atoms with Crippen molar-refractivity contribution >= 4 is 5.91 Å². The fourth-order valence-corrected chi connectivity index (χ4v) is 2.09. The lowest BCUT2D eigenvalue weighted by molar-refractivity contribution is -0.128. The first-order valence-corrected chi connectivity index (χ1v) is 6.87. The van der Waals surface area contributed by atoms with Gasteiger partial charge in [-0.1, -0.05) is 6.92 Å². The normalized spacial score (nSPS) is 18.6. The minimum atomic E-state index is -0.678. The van der Waals surface area contributed by atoms with E-state index < -0.39 is 5.54 Å². The lowest BCUT2D eigenvalue weighted by atomic mass is 9.93. The monoisotopic (exact) mass is 258 g/mol. The Balaban J connectivity index is 2.45. The highest BCUT2D eigenvalue weighted by Crippen LogP contribution is 2.39. The maximum atomic E-state index is 11.8. The number of hydrogen-bond donors (Lipinski definition) is 2. The van der Waals surface area contributed by atoms with Crippen molar-refractivity contribution in [3.63, 3.8) is 0 Å². The molecule has 106 valence electrons. The third-order valence-corrected chi connectivity index (χ3v) is 3.31. The molecule has 1 saturated carbocycles. The van der Waals surface area contributed by atoms with Crippen molar-refractivity contribution in [3.05, 3.63) is 0 Å². The number of primary amides is 1. The van der Waals surface area contributed by atoms with Crippen LogP contribution in [0.25, 0.3) is 0 Å². The van der Waals surface area contributed by atoms with Crippen LogP contribution in [0.1, 0.15) is 33.1 Å². The number of ether oxygens (including phenoxy) is 2. The summed E-state index contributed by atoms with van der Waals surface area (Å²) in [5.41, 5.74) is 4.90. The van der Waals surface area contributed by atoms with E-state index in [1.165, 1.54) is 0 Å². The second-order valence-corrected chi connectivity index (χ2v) is 4.79. The Morgan fingerprint density at radius 3 is 2.50 bits per heavy atom. The summed E-state index contributed by atoms with van der Waals surface area (Å²) in [5, 5.41) is 3.29. The van der Waals surface area contributed by atoms with Gasteiger partial charge in [0, 0.05) is 6.61 Å². The summed E-state index contributed by atoms with van der Waals surface area (Å²) in [6.45, 7) is 6.89. The molecule has 0 aromatic rings. The fraction of sp³-hybridized carbons (Fsp3) is 0.923. The summed E-state index contributed by atoms with van der Waals surface area (Å²) in [5.74, 6) is 0.0310. The Morgan fingerprint density at radius 2 is 2.00 bits per heavy atom. The molecule has 1 aliphatic carbocycles. The molecular weight excluding hydrogens is 232 g/mol. The third-order valence-electron chi connectivity index (χ3n) is 3.31. The number of rotatable bonds is 11. The van der Waals surface area contributed by atoms with E-state index in [4.69, 9.17) is 15.2 Å². The molecule has 0 bridgehead atoms. The fourth-order valence-electron chi connectivity index (χ4n) is 2.09. The number of nitrogens with two attached hydrogens (primary N) is 1. The molecule has 0 saturated heterocycles. The van der Waals surface area contributed by atoms with Crippen LogP contribution in [-0.4, -0.2) is 44.4 Å². The molecule has 1 unspecified atom stereocenters. The van der Waals surface area contributed by atoms with Gasteiger partial charge < -0.3 is 20.5 Å². The van der Waals surface area contributed by atoms with Gasteiger partial charge >= 0.3 is 0 Å². The Kier molecular flexibility index (Phi) is 6.60. The van der Waals surface area contributed by atoms with Crippen molar-refractivity contribution in [1.82, 2.24) is 5.32 Å². The third kappa shape index (κ3) is 4.23. The first-order chi connectivity index (χ1) is 8.67. The molecule has 0 aliphatic heterocycles. The average Bonchev–Trinajstić information content (AvgIpc) is 3.17. The second-order valence-electron chi connectivity index (χ2n) is 4.79. The van der Waals surface area contributed by atoms with E-state index in [2.05, 4.69) is 12.2 Å². The standard InChI is InChI=1S/C13H26N2O3/c1-3-7-15-13(12(14)16,11-5-6-11)10-18-9-8-17-4-2/h11,15H,3-10H2,1-2H3,(H2,14,16). The van der Waals surface area contributed by atoms with E-state index in [1.54, 1.807) is 0 Å². The van der Waals surface area contributed by atoms with Gasteiger partial charge in [-0.2, -0.15) is 0 Å². The number of carbonyl (C=O) groups excluding carboxylic acids is 1. The Bertz CT molecular complexity index is 257. The molecule has 1 rings (SSSR count). The van der Waals surface area contributed by atoms with Crippen molar-refractivity contribution in [2.45, 2.75) is 38.6 Å². The summed E-state index contributed by atoms with van der Waals surface area (Å²) >= 11 is 0. The molecule has 1 atom stereocenters. The van der Waals surface area contributed by atoms with Crippen LogP contribution in [0.3, 0.4) is 0 Å². The first kappa shape index (κ1) is 15.4. The zero-order chi connectivity index (χ0) is 13.4. The molecule has 1 aliphatic rings. The zero-order valence-electron chi connectivity index (χ0n) is 11.5. The van der Waals surface area contributed by atoms with Crippen LogP contribution in [0.15, 0.2) is 0 Å². The number of carbonyl (C=O) groups is 1. The molecule has 5 nitrogen and oxygen atoms in total. The number of hydrogen-bond acceptors (Lipinski definition) is 4. The highest BCUT2D eigenvalue weighted by atomic mass is 16.5. The molecule has 0 aromatic carbocycles. The van der Waals surface area contributed by atoms with Gasteiger partial charge in [-0.15, -0.1) is 0 Å². The highest BCUT2D eigenvalue weighted by Gasteiger charge is 2.49. The summed E-state index contributed by atoms with van der Waals surface area (Å²) in [6.07, 6.45) is 3.07.